The van der Waals surface area contributed by atoms with Gasteiger partial charge in [-0.3, -0.25) is 14.4 Å². The molecule has 2 aromatic carbocycles. The van der Waals surface area contributed by atoms with Crippen molar-refractivity contribution in [2.45, 2.75) is 51.0 Å². The normalized spacial score (nSPS) is 19.5. The summed E-state index contributed by atoms with van der Waals surface area (Å²) in [5, 5.41) is 14.0. The van der Waals surface area contributed by atoms with E-state index in [0.29, 0.717) is 56.2 Å². The highest BCUT2D eigenvalue weighted by Crippen LogP contribution is 2.33. The van der Waals surface area contributed by atoms with Crippen LogP contribution in [0.2, 0.25) is 0 Å². The molecular weight excluding hydrogens is 582 g/mol. The molecule has 1 aromatic heterocycles. The van der Waals surface area contributed by atoms with Gasteiger partial charge in [0, 0.05) is 39.8 Å². The fourth-order valence-corrected chi connectivity index (χ4v) is 5.49. The Hall–Kier alpha value is -4.56. The van der Waals surface area contributed by atoms with E-state index in [1.165, 1.54) is 11.0 Å². The molecule has 4 heterocycles. The minimum Gasteiger partial charge on any atom is -0.493 e. The van der Waals surface area contributed by atoms with E-state index >= 15 is 0 Å². The lowest BCUT2D eigenvalue weighted by atomic mass is 10.0. The first kappa shape index (κ1) is 31.9. The number of fused-ring (bicyclic) bond motifs is 9. The molecule has 3 aliphatic heterocycles. The number of carbonyl (C=O) groups excluding carboxylic acids is 3. The van der Waals surface area contributed by atoms with Crippen molar-refractivity contribution < 1.29 is 33.3 Å². The van der Waals surface area contributed by atoms with Crippen LogP contribution >= 0.6 is 0 Å². The first-order chi connectivity index (χ1) is 21.9. The molecule has 1 fully saturated rings. The van der Waals surface area contributed by atoms with Crippen molar-refractivity contribution in [1.29, 1.82) is 0 Å². The second-order valence-corrected chi connectivity index (χ2v) is 11.1. The van der Waals surface area contributed by atoms with E-state index in [2.05, 4.69) is 20.8 Å². The Kier molecular flexibility index (Phi) is 10.9. The highest BCUT2D eigenvalue weighted by atomic mass is 16.5. The molecule has 3 aliphatic rings. The molecule has 0 unspecified atom stereocenters. The lowest BCUT2D eigenvalue weighted by molar-refractivity contribution is -0.139. The van der Waals surface area contributed by atoms with Crippen LogP contribution in [0.15, 0.2) is 48.8 Å². The standard InChI is InChI=1S/C31H39N7O7/c1-42-14-4-12-36-18-29(39)33-25-17-37(31(41)19-38-21-32-34-35-38)13-11-26(25)44-20-23-5-3-6-24(15-23)45-27-9-7-22(8-10-30(36)40)16-28(27)43-2/h3,5-7,9,15-16,21,25-26H,4,8,10-14,17-20H2,1-2H3,(H,33,39)/t25-,26+/m0/s1. The molecule has 0 spiro atoms. The molecule has 0 saturated carbocycles. The lowest BCUT2D eigenvalue weighted by Crippen LogP contribution is -2.58. The van der Waals surface area contributed by atoms with Gasteiger partial charge in [0.25, 0.3) is 0 Å². The number of aromatic nitrogens is 4. The van der Waals surface area contributed by atoms with Crippen molar-refractivity contribution in [3.05, 3.63) is 59.9 Å². The SMILES string of the molecule is COCCCN1CC(=O)N[C@H]2CN(C(=O)Cn3cnnn3)CC[C@H]2OCc2cccc(c2)Oc2ccc(cc2OC)CCC1=O. The molecule has 0 radical (unpaired) electrons. The molecule has 6 rings (SSSR count). The number of tetrazole rings is 1. The number of ether oxygens (including phenoxy) is 4. The Morgan fingerprint density at radius 3 is 2.80 bits per heavy atom. The summed E-state index contributed by atoms with van der Waals surface area (Å²) in [5.74, 6) is 1.08. The van der Waals surface area contributed by atoms with E-state index in [9.17, 15) is 14.4 Å². The number of hydrogen-bond donors (Lipinski definition) is 1. The summed E-state index contributed by atoms with van der Waals surface area (Å²) >= 11 is 0. The number of amides is 3. The van der Waals surface area contributed by atoms with Gasteiger partial charge in [-0.15, -0.1) is 5.10 Å². The van der Waals surface area contributed by atoms with Gasteiger partial charge in [0.2, 0.25) is 17.7 Å². The van der Waals surface area contributed by atoms with Crippen molar-refractivity contribution in [3.8, 4) is 17.2 Å². The van der Waals surface area contributed by atoms with Gasteiger partial charge in [0.15, 0.2) is 11.5 Å². The van der Waals surface area contributed by atoms with Gasteiger partial charge in [-0.25, -0.2) is 4.68 Å². The number of methoxy groups -OCH3 is 2. The van der Waals surface area contributed by atoms with Crippen LogP contribution in [0.25, 0.3) is 0 Å². The highest BCUT2D eigenvalue weighted by molar-refractivity contribution is 5.85. The van der Waals surface area contributed by atoms with E-state index in [1.54, 1.807) is 24.0 Å². The van der Waals surface area contributed by atoms with Crippen molar-refractivity contribution >= 4 is 17.7 Å². The van der Waals surface area contributed by atoms with Crippen LogP contribution in [-0.4, -0.2) is 107 Å². The van der Waals surface area contributed by atoms with Gasteiger partial charge in [0.05, 0.1) is 32.4 Å². The number of carbonyl (C=O) groups is 3. The molecule has 3 aromatic rings. The maximum atomic E-state index is 13.5. The summed E-state index contributed by atoms with van der Waals surface area (Å²) in [7, 11) is 3.18. The minimum atomic E-state index is -0.499. The molecule has 3 amide bonds. The number of hydrogen-bond acceptors (Lipinski definition) is 10. The number of benzene rings is 2. The molecule has 240 valence electrons. The highest BCUT2D eigenvalue weighted by Gasteiger charge is 2.34. The summed E-state index contributed by atoms with van der Waals surface area (Å²) in [6.07, 6.45) is 2.77. The van der Waals surface area contributed by atoms with Crippen LogP contribution in [0, 0.1) is 0 Å². The van der Waals surface area contributed by atoms with Crippen molar-refractivity contribution in [3.63, 3.8) is 0 Å². The number of aryl methyl sites for hydroxylation is 1. The van der Waals surface area contributed by atoms with E-state index in [0.717, 1.165) is 11.1 Å². The van der Waals surface area contributed by atoms with Gasteiger partial charge in [0.1, 0.15) is 18.6 Å². The number of nitrogens with zero attached hydrogens (tertiary/aromatic N) is 6. The molecular formula is C31H39N7O7. The van der Waals surface area contributed by atoms with Crippen LogP contribution in [0.3, 0.4) is 0 Å². The largest absolute Gasteiger partial charge is 0.493 e. The molecule has 14 heteroatoms. The predicted molar refractivity (Wildman–Crippen MR) is 160 cm³/mol. The van der Waals surface area contributed by atoms with Crippen molar-refractivity contribution in [2.24, 2.45) is 0 Å². The van der Waals surface area contributed by atoms with E-state index in [1.807, 2.05) is 42.5 Å². The fourth-order valence-electron chi connectivity index (χ4n) is 5.49. The maximum Gasteiger partial charge on any atom is 0.244 e. The smallest absolute Gasteiger partial charge is 0.244 e. The van der Waals surface area contributed by atoms with Crippen molar-refractivity contribution in [2.75, 3.05) is 47.0 Å². The average molecular weight is 622 g/mol. The average Bonchev–Trinajstić information content (AvgIpc) is 3.56. The molecule has 45 heavy (non-hydrogen) atoms. The topological polar surface area (TPSA) is 150 Å². The predicted octanol–water partition coefficient (Wildman–Crippen LogP) is 1.59. The summed E-state index contributed by atoms with van der Waals surface area (Å²) in [6, 6.07) is 12.7. The van der Waals surface area contributed by atoms with Gasteiger partial charge < -0.3 is 34.1 Å². The number of piperidine rings is 1. The van der Waals surface area contributed by atoms with Crippen LogP contribution in [0.4, 0.5) is 0 Å². The van der Waals surface area contributed by atoms with E-state index < -0.39 is 6.04 Å². The van der Waals surface area contributed by atoms with E-state index in [4.69, 9.17) is 18.9 Å². The lowest BCUT2D eigenvalue weighted by Gasteiger charge is -2.39. The summed E-state index contributed by atoms with van der Waals surface area (Å²) < 4.78 is 24.7. The molecule has 1 saturated heterocycles. The second-order valence-electron chi connectivity index (χ2n) is 11.1. The Labute approximate surface area is 261 Å². The Morgan fingerprint density at radius 1 is 1.11 bits per heavy atom. The van der Waals surface area contributed by atoms with Crippen LogP contribution in [0.5, 0.6) is 17.2 Å². The zero-order valence-corrected chi connectivity index (χ0v) is 25.6. The monoisotopic (exact) mass is 621 g/mol. The first-order valence-electron chi connectivity index (χ1n) is 15.0. The van der Waals surface area contributed by atoms with Crippen LogP contribution < -0.4 is 14.8 Å². The summed E-state index contributed by atoms with van der Waals surface area (Å²) in [6.45, 7) is 1.65. The molecule has 1 N–H and O–H groups in total. The Morgan fingerprint density at radius 2 is 2.00 bits per heavy atom. The molecule has 14 nitrogen and oxygen atoms in total. The van der Waals surface area contributed by atoms with Crippen LogP contribution in [-0.2, 0) is 43.4 Å². The quantitative estimate of drug-likeness (QED) is 0.385. The maximum absolute atomic E-state index is 13.5. The van der Waals surface area contributed by atoms with E-state index in [-0.39, 0.29) is 56.5 Å². The second kappa shape index (κ2) is 15.4. The van der Waals surface area contributed by atoms with Gasteiger partial charge in [-0.05, 0) is 65.1 Å². The van der Waals surface area contributed by atoms with Gasteiger partial charge in [-0.2, -0.15) is 0 Å². The fraction of sp³-hybridized carbons (Fsp3) is 0.484. The summed E-state index contributed by atoms with van der Waals surface area (Å²) in [5.41, 5.74) is 1.79. The molecule has 4 bridgehead atoms. The molecule has 2 atom stereocenters. The number of likely N-dealkylation sites (tertiary alicyclic amines) is 1. The van der Waals surface area contributed by atoms with Gasteiger partial charge in [-0.1, -0.05) is 18.2 Å². The van der Waals surface area contributed by atoms with Crippen molar-refractivity contribution in [1.82, 2.24) is 35.3 Å². The minimum absolute atomic E-state index is 0.0136. The molecule has 0 aliphatic carbocycles. The zero-order valence-electron chi connectivity index (χ0n) is 25.6. The zero-order chi connectivity index (χ0) is 31.6. The third-order valence-corrected chi connectivity index (χ3v) is 7.85. The number of nitrogens with one attached hydrogen (secondary N) is 1. The Balaban J connectivity index is 1.39. The third kappa shape index (κ3) is 8.76. The van der Waals surface area contributed by atoms with Crippen LogP contribution in [0.1, 0.15) is 30.4 Å². The first-order valence-corrected chi connectivity index (χ1v) is 15.0. The third-order valence-electron chi connectivity index (χ3n) is 7.85. The number of rotatable bonds is 7. The Bertz CT molecular complexity index is 1450. The van der Waals surface area contributed by atoms with Gasteiger partial charge >= 0.3 is 0 Å². The summed E-state index contributed by atoms with van der Waals surface area (Å²) in [4.78, 5) is 43.1.